The van der Waals surface area contributed by atoms with E-state index in [1.807, 2.05) is 0 Å². The smallest absolute Gasteiger partial charge is 0.387 e. The third-order valence-corrected chi connectivity index (χ3v) is 4.93. The topological polar surface area (TPSA) is 60.0 Å². The van der Waals surface area contributed by atoms with Crippen molar-refractivity contribution in [1.29, 1.82) is 0 Å². The van der Waals surface area contributed by atoms with E-state index in [9.17, 15) is 13.6 Å². The van der Waals surface area contributed by atoms with E-state index >= 15 is 0 Å². The molecular weight excluding hydrogens is 346 g/mol. The molecule has 2 fully saturated rings. The predicted molar refractivity (Wildman–Crippen MR) is 91.5 cm³/mol. The number of halogens is 2. The maximum atomic E-state index is 12.3. The molecule has 3 rings (SSSR count). The van der Waals surface area contributed by atoms with Crippen LogP contribution in [0.25, 0.3) is 0 Å². The van der Waals surface area contributed by atoms with Gasteiger partial charge >= 0.3 is 6.61 Å². The lowest BCUT2D eigenvalue weighted by Crippen LogP contribution is -2.58. The van der Waals surface area contributed by atoms with Gasteiger partial charge in [-0.05, 0) is 43.5 Å². The molecule has 2 saturated heterocycles. The zero-order valence-electron chi connectivity index (χ0n) is 14.7. The van der Waals surface area contributed by atoms with Gasteiger partial charge in [-0.25, -0.2) is 0 Å². The lowest BCUT2D eigenvalue weighted by Gasteiger charge is -2.44. The lowest BCUT2D eigenvalue weighted by atomic mass is 9.87. The molecular formula is C18H24F2N2O4. The van der Waals surface area contributed by atoms with Gasteiger partial charge in [-0.3, -0.25) is 9.69 Å². The van der Waals surface area contributed by atoms with E-state index in [1.54, 1.807) is 7.11 Å². The van der Waals surface area contributed by atoms with Gasteiger partial charge in [0.15, 0.2) is 0 Å². The number of nitrogens with zero attached hydrogens (tertiary/aromatic N) is 1. The van der Waals surface area contributed by atoms with Crippen LogP contribution >= 0.6 is 0 Å². The van der Waals surface area contributed by atoms with E-state index in [4.69, 9.17) is 9.47 Å². The van der Waals surface area contributed by atoms with Crippen LogP contribution in [0.15, 0.2) is 24.3 Å². The van der Waals surface area contributed by atoms with Crippen LogP contribution in [0.2, 0.25) is 0 Å². The summed E-state index contributed by atoms with van der Waals surface area (Å²) >= 11 is 0. The molecule has 0 bridgehead atoms. The highest BCUT2D eigenvalue weighted by Gasteiger charge is 2.47. The van der Waals surface area contributed by atoms with Crippen molar-refractivity contribution in [3.05, 3.63) is 24.3 Å². The van der Waals surface area contributed by atoms with Crippen LogP contribution in [0.4, 0.5) is 14.5 Å². The molecule has 0 aromatic heterocycles. The van der Waals surface area contributed by atoms with Gasteiger partial charge in [0, 0.05) is 32.5 Å². The summed E-state index contributed by atoms with van der Waals surface area (Å²) in [7, 11) is 1.71. The number of benzene rings is 1. The zero-order chi connectivity index (χ0) is 18.6. The molecule has 2 aliphatic heterocycles. The quantitative estimate of drug-likeness (QED) is 0.834. The Labute approximate surface area is 151 Å². The molecule has 1 N–H and O–H groups in total. The van der Waals surface area contributed by atoms with Gasteiger partial charge in [0.1, 0.15) is 11.4 Å². The first kappa shape index (κ1) is 19.0. The standard InChI is InChI=1S/C18H24F2N2O4/c1-24-15-7-9-22(12-18(15)8-2-10-25-18)11-16(23)21-13-3-5-14(6-4-13)26-17(19)20/h3-6,15,17H,2,7-12H2,1H3,(H,21,23)/t15-,18+/m0/s1. The number of methoxy groups -OCH3 is 1. The monoisotopic (exact) mass is 370 g/mol. The number of piperidine rings is 1. The number of hydrogen-bond donors (Lipinski definition) is 1. The number of alkyl halides is 2. The number of carbonyl (C=O) groups is 1. The van der Waals surface area contributed by atoms with E-state index in [1.165, 1.54) is 24.3 Å². The van der Waals surface area contributed by atoms with Crippen molar-refractivity contribution in [2.24, 2.45) is 0 Å². The summed E-state index contributed by atoms with van der Waals surface area (Å²) in [6.07, 6.45) is 2.83. The number of amides is 1. The van der Waals surface area contributed by atoms with Gasteiger partial charge in [0.2, 0.25) is 5.91 Å². The Morgan fingerprint density at radius 1 is 1.42 bits per heavy atom. The molecule has 8 heteroatoms. The maximum absolute atomic E-state index is 12.3. The van der Waals surface area contributed by atoms with Crippen molar-refractivity contribution >= 4 is 11.6 Å². The molecule has 1 amide bonds. The first-order chi connectivity index (χ1) is 12.5. The minimum Gasteiger partial charge on any atom is -0.435 e. The molecule has 0 saturated carbocycles. The van der Waals surface area contributed by atoms with Crippen molar-refractivity contribution in [3.63, 3.8) is 0 Å². The molecule has 1 aromatic carbocycles. The van der Waals surface area contributed by atoms with Crippen molar-refractivity contribution in [2.75, 3.05) is 38.7 Å². The average molecular weight is 370 g/mol. The summed E-state index contributed by atoms with van der Waals surface area (Å²) in [6.45, 7) is -0.460. The van der Waals surface area contributed by atoms with Gasteiger partial charge in [-0.1, -0.05) is 0 Å². The van der Waals surface area contributed by atoms with Crippen molar-refractivity contribution in [1.82, 2.24) is 4.90 Å². The van der Waals surface area contributed by atoms with Crippen LogP contribution in [0.3, 0.4) is 0 Å². The molecule has 0 aliphatic carbocycles. The summed E-state index contributed by atoms with van der Waals surface area (Å²) in [4.78, 5) is 14.4. The van der Waals surface area contributed by atoms with Crippen molar-refractivity contribution < 1.29 is 27.8 Å². The summed E-state index contributed by atoms with van der Waals surface area (Å²) in [5, 5.41) is 2.78. The van der Waals surface area contributed by atoms with Crippen LogP contribution in [0.1, 0.15) is 19.3 Å². The first-order valence-corrected chi connectivity index (χ1v) is 8.74. The second-order valence-electron chi connectivity index (χ2n) is 6.69. The Morgan fingerprint density at radius 2 is 2.19 bits per heavy atom. The van der Waals surface area contributed by atoms with Crippen LogP contribution in [-0.2, 0) is 14.3 Å². The Balaban J connectivity index is 1.53. The van der Waals surface area contributed by atoms with Crippen molar-refractivity contribution in [3.8, 4) is 5.75 Å². The van der Waals surface area contributed by atoms with Gasteiger partial charge in [0.25, 0.3) is 0 Å². The molecule has 0 radical (unpaired) electrons. The van der Waals surface area contributed by atoms with E-state index in [0.717, 1.165) is 32.4 Å². The van der Waals surface area contributed by atoms with E-state index < -0.39 is 6.61 Å². The highest BCUT2D eigenvalue weighted by Crippen LogP contribution is 2.36. The van der Waals surface area contributed by atoms with Crippen molar-refractivity contribution in [2.45, 2.75) is 37.6 Å². The van der Waals surface area contributed by atoms with Gasteiger partial charge in [-0.15, -0.1) is 0 Å². The highest BCUT2D eigenvalue weighted by atomic mass is 19.3. The molecule has 1 aromatic rings. The molecule has 6 nitrogen and oxygen atoms in total. The second-order valence-corrected chi connectivity index (χ2v) is 6.69. The van der Waals surface area contributed by atoms with Gasteiger partial charge in [0.05, 0.1) is 12.6 Å². The van der Waals surface area contributed by atoms with E-state index in [2.05, 4.69) is 15.0 Å². The van der Waals surface area contributed by atoms with Gasteiger partial charge in [-0.2, -0.15) is 8.78 Å². The fourth-order valence-corrected chi connectivity index (χ4v) is 3.81. The summed E-state index contributed by atoms with van der Waals surface area (Å²) < 4.78 is 40.2. The maximum Gasteiger partial charge on any atom is 0.387 e. The number of rotatable bonds is 6. The Kier molecular flexibility index (Phi) is 6.05. The van der Waals surface area contributed by atoms with E-state index in [0.29, 0.717) is 12.2 Å². The molecule has 2 aliphatic rings. The molecule has 1 spiro atoms. The fourth-order valence-electron chi connectivity index (χ4n) is 3.81. The van der Waals surface area contributed by atoms with E-state index in [-0.39, 0.29) is 29.9 Å². The number of carbonyl (C=O) groups excluding carboxylic acids is 1. The molecule has 0 unspecified atom stereocenters. The molecule has 2 atom stereocenters. The largest absolute Gasteiger partial charge is 0.435 e. The summed E-state index contributed by atoms with van der Waals surface area (Å²) in [5.41, 5.74) is 0.219. The third-order valence-electron chi connectivity index (χ3n) is 4.93. The normalized spacial score (nSPS) is 26.4. The van der Waals surface area contributed by atoms with Crippen LogP contribution in [0.5, 0.6) is 5.75 Å². The Bertz CT molecular complexity index is 606. The summed E-state index contributed by atoms with van der Waals surface area (Å²) in [6, 6.07) is 5.86. The third kappa shape index (κ3) is 4.49. The average Bonchev–Trinajstić information content (AvgIpc) is 3.05. The number of hydrogen-bond acceptors (Lipinski definition) is 5. The number of nitrogens with one attached hydrogen (secondary N) is 1. The zero-order valence-corrected chi connectivity index (χ0v) is 14.7. The Morgan fingerprint density at radius 3 is 2.81 bits per heavy atom. The number of likely N-dealkylation sites (tertiary alicyclic amines) is 1. The van der Waals surface area contributed by atoms with Crippen LogP contribution in [0, 0.1) is 0 Å². The molecule has 144 valence electrons. The summed E-state index contributed by atoms with van der Waals surface area (Å²) in [5.74, 6) is -0.100. The van der Waals surface area contributed by atoms with Crippen LogP contribution in [-0.4, -0.2) is 62.5 Å². The highest BCUT2D eigenvalue weighted by molar-refractivity contribution is 5.92. The Hall–Kier alpha value is -1.77. The molecule has 26 heavy (non-hydrogen) atoms. The molecule has 2 heterocycles. The predicted octanol–water partition coefficient (Wildman–Crippen LogP) is 2.50. The van der Waals surface area contributed by atoms with Gasteiger partial charge < -0.3 is 19.5 Å². The second kappa shape index (κ2) is 8.28. The number of ether oxygens (including phenoxy) is 3. The fraction of sp³-hybridized carbons (Fsp3) is 0.611. The SMILES string of the molecule is CO[C@H]1CCN(CC(=O)Nc2ccc(OC(F)F)cc2)C[C@]12CCCO2. The minimum atomic E-state index is -2.87. The van der Waals surface area contributed by atoms with Crippen LogP contribution < -0.4 is 10.1 Å². The number of anilines is 1. The lowest BCUT2D eigenvalue weighted by molar-refractivity contribution is -0.146. The first-order valence-electron chi connectivity index (χ1n) is 8.74. The minimum absolute atomic E-state index is 0.0555.